The van der Waals surface area contributed by atoms with Crippen LogP contribution in [0.2, 0.25) is 0 Å². The Morgan fingerprint density at radius 1 is 1.00 bits per heavy atom. The van der Waals surface area contributed by atoms with Gasteiger partial charge in [0.1, 0.15) is 0 Å². The largest absolute Gasteiger partial charge is 0.309 e. The zero-order valence-corrected chi connectivity index (χ0v) is 14.1. The van der Waals surface area contributed by atoms with Crippen molar-refractivity contribution in [1.82, 2.24) is 5.32 Å². The van der Waals surface area contributed by atoms with E-state index in [1.165, 1.54) is 43.2 Å². The Bertz CT molecular complexity index is 364. The average Bonchev–Trinajstić information content (AvgIpc) is 2.46. The molecule has 1 atom stereocenters. The van der Waals surface area contributed by atoms with E-state index < -0.39 is 0 Å². The Balaban J connectivity index is 2.85. The first-order chi connectivity index (χ1) is 9.55. The first-order valence-corrected chi connectivity index (χ1v) is 8.37. The van der Waals surface area contributed by atoms with Crippen LogP contribution < -0.4 is 5.32 Å². The third kappa shape index (κ3) is 4.94. The molecule has 1 aromatic carbocycles. The lowest BCUT2D eigenvalue weighted by Gasteiger charge is -2.35. The fourth-order valence-electron chi connectivity index (χ4n) is 2.60. The monoisotopic (exact) mass is 275 g/mol. The molecule has 20 heavy (non-hydrogen) atoms. The SMILES string of the molecule is CCCCc1ccc(C(NCCC)C(C)(C)CC)cc1. The van der Waals surface area contributed by atoms with Crippen LogP contribution in [0.3, 0.4) is 0 Å². The van der Waals surface area contributed by atoms with Crippen LogP contribution in [0.25, 0.3) is 0 Å². The van der Waals surface area contributed by atoms with E-state index in [4.69, 9.17) is 0 Å². The Morgan fingerprint density at radius 2 is 1.65 bits per heavy atom. The zero-order chi connectivity index (χ0) is 15.0. The molecule has 114 valence electrons. The molecular formula is C19H33N. The minimum Gasteiger partial charge on any atom is -0.309 e. The molecule has 0 spiro atoms. The van der Waals surface area contributed by atoms with Crippen molar-refractivity contribution in [2.75, 3.05) is 6.54 Å². The summed E-state index contributed by atoms with van der Waals surface area (Å²) in [7, 11) is 0. The van der Waals surface area contributed by atoms with E-state index in [9.17, 15) is 0 Å². The number of aryl methyl sites for hydroxylation is 1. The van der Waals surface area contributed by atoms with E-state index in [-0.39, 0.29) is 0 Å². The second-order valence-electron chi connectivity index (χ2n) is 6.57. The molecule has 1 unspecified atom stereocenters. The molecule has 1 rings (SSSR count). The molecule has 0 aliphatic carbocycles. The van der Waals surface area contributed by atoms with Gasteiger partial charge in [-0.25, -0.2) is 0 Å². The number of benzene rings is 1. The van der Waals surface area contributed by atoms with Crippen molar-refractivity contribution in [1.29, 1.82) is 0 Å². The topological polar surface area (TPSA) is 12.0 Å². The maximum absolute atomic E-state index is 3.74. The molecule has 0 radical (unpaired) electrons. The van der Waals surface area contributed by atoms with E-state index >= 15 is 0 Å². The summed E-state index contributed by atoms with van der Waals surface area (Å²) >= 11 is 0. The second kappa shape index (κ2) is 8.46. The predicted molar refractivity (Wildman–Crippen MR) is 90.2 cm³/mol. The molecule has 1 aromatic rings. The number of rotatable bonds is 9. The molecule has 0 heterocycles. The van der Waals surface area contributed by atoms with Gasteiger partial charge in [0.2, 0.25) is 0 Å². The highest BCUT2D eigenvalue weighted by molar-refractivity contribution is 5.26. The summed E-state index contributed by atoms with van der Waals surface area (Å²) < 4.78 is 0. The Labute approximate surface area is 126 Å². The summed E-state index contributed by atoms with van der Waals surface area (Å²) in [6.07, 6.45) is 6.14. The highest BCUT2D eigenvalue weighted by Crippen LogP contribution is 2.36. The van der Waals surface area contributed by atoms with Gasteiger partial charge in [-0.3, -0.25) is 0 Å². The summed E-state index contributed by atoms with van der Waals surface area (Å²) in [6.45, 7) is 12.6. The quantitative estimate of drug-likeness (QED) is 0.627. The van der Waals surface area contributed by atoms with Crippen LogP contribution in [0.15, 0.2) is 24.3 Å². The summed E-state index contributed by atoms with van der Waals surface area (Å²) in [4.78, 5) is 0. The third-order valence-electron chi connectivity index (χ3n) is 4.42. The van der Waals surface area contributed by atoms with Crippen molar-refractivity contribution >= 4 is 0 Å². The highest BCUT2D eigenvalue weighted by Gasteiger charge is 2.28. The number of unbranched alkanes of at least 4 members (excludes halogenated alkanes) is 1. The van der Waals surface area contributed by atoms with Gasteiger partial charge in [-0.1, -0.05) is 65.3 Å². The van der Waals surface area contributed by atoms with Gasteiger partial charge in [-0.15, -0.1) is 0 Å². The van der Waals surface area contributed by atoms with Crippen molar-refractivity contribution in [3.63, 3.8) is 0 Å². The van der Waals surface area contributed by atoms with E-state index in [1.807, 2.05) is 0 Å². The van der Waals surface area contributed by atoms with Crippen LogP contribution in [0.5, 0.6) is 0 Å². The van der Waals surface area contributed by atoms with Crippen LogP contribution >= 0.6 is 0 Å². The Hall–Kier alpha value is -0.820. The van der Waals surface area contributed by atoms with E-state index in [1.54, 1.807) is 0 Å². The first kappa shape index (κ1) is 17.2. The Kier molecular flexibility index (Phi) is 7.29. The number of hydrogen-bond donors (Lipinski definition) is 1. The smallest absolute Gasteiger partial charge is 0.0371 e. The summed E-state index contributed by atoms with van der Waals surface area (Å²) in [6, 6.07) is 9.74. The summed E-state index contributed by atoms with van der Waals surface area (Å²) in [5.74, 6) is 0. The molecule has 1 N–H and O–H groups in total. The van der Waals surface area contributed by atoms with Gasteiger partial charge in [-0.2, -0.15) is 0 Å². The fourth-order valence-corrected chi connectivity index (χ4v) is 2.60. The molecule has 0 saturated carbocycles. The Morgan fingerprint density at radius 3 is 2.15 bits per heavy atom. The average molecular weight is 275 g/mol. The van der Waals surface area contributed by atoms with Crippen molar-refractivity contribution < 1.29 is 0 Å². The molecule has 0 bridgehead atoms. The van der Waals surface area contributed by atoms with Crippen LogP contribution in [0.4, 0.5) is 0 Å². The van der Waals surface area contributed by atoms with Gasteiger partial charge in [0.25, 0.3) is 0 Å². The lowest BCUT2D eigenvalue weighted by molar-refractivity contribution is 0.234. The minimum absolute atomic E-state index is 0.292. The van der Waals surface area contributed by atoms with Crippen LogP contribution in [-0.2, 0) is 6.42 Å². The van der Waals surface area contributed by atoms with Gasteiger partial charge in [0.15, 0.2) is 0 Å². The maximum atomic E-state index is 3.74. The first-order valence-electron chi connectivity index (χ1n) is 8.37. The van der Waals surface area contributed by atoms with Gasteiger partial charge < -0.3 is 5.32 Å². The van der Waals surface area contributed by atoms with Crippen molar-refractivity contribution in [3.8, 4) is 0 Å². The van der Waals surface area contributed by atoms with Crippen LogP contribution in [-0.4, -0.2) is 6.54 Å². The van der Waals surface area contributed by atoms with Gasteiger partial charge in [-0.05, 0) is 48.8 Å². The third-order valence-corrected chi connectivity index (χ3v) is 4.42. The molecule has 0 fully saturated rings. The van der Waals surface area contributed by atoms with Crippen LogP contribution in [0.1, 0.15) is 77.5 Å². The maximum Gasteiger partial charge on any atom is 0.0371 e. The molecular weight excluding hydrogens is 242 g/mol. The number of nitrogens with one attached hydrogen (secondary N) is 1. The van der Waals surface area contributed by atoms with E-state index in [2.05, 4.69) is 64.2 Å². The van der Waals surface area contributed by atoms with Gasteiger partial charge in [0.05, 0.1) is 0 Å². The second-order valence-corrected chi connectivity index (χ2v) is 6.57. The fraction of sp³-hybridized carbons (Fsp3) is 0.684. The lowest BCUT2D eigenvalue weighted by Crippen LogP contribution is -2.34. The molecule has 0 aromatic heterocycles. The zero-order valence-electron chi connectivity index (χ0n) is 14.1. The number of hydrogen-bond acceptors (Lipinski definition) is 1. The van der Waals surface area contributed by atoms with Gasteiger partial charge >= 0.3 is 0 Å². The lowest BCUT2D eigenvalue weighted by atomic mass is 9.78. The molecule has 1 heteroatoms. The molecule has 1 nitrogen and oxygen atoms in total. The minimum atomic E-state index is 0.292. The highest BCUT2D eigenvalue weighted by atomic mass is 14.9. The van der Waals surface area contributed by atoms with Crippen molar-refractivity contribution in [3.05, 3.63) is 35.4 Å². The molecule has 0 amide bonds. The predicted octanol–water partition coefficient (Wildman–Crippen LogP) is 5.51. The normalized spacial score (nSPS) is 13.4. The van der Waals surface area contributed by atoms with Crippen molar-refractivity contribution in [2.45, 2.75) is 72.8 Å². The van der Waals surface area contributed by atoms with Crippen LogP contribution in [0, 0.1) is 5.41 Å². The molecule has 0 aliphatic heterocycles. The van der Waals surface area contributed by atoms with E-state index in [0.717, 1.165) is 6.54 Å². The van der Waals surface area contributed by atoms with Gasteiger partial charge in [0, 0.05) is 6.04 Å². The standard InChI is InChI=1S/C19H33N/c1-6-9-10-16-11-13-17(14-12-16)18(20-15-7-2)19(4,5)8-3/h11-14,18,20H,6-10,15H2,1-5H3. The van der Waals surface area contributed by atoms with Crippen molar-refractivity contribution in [2.24, 2.45) is 5.41 Å². The van der Waals surface area contributed by atoms with E-state index in [0.29, 0.717) is 11.5 Å². The molecule has 0 saturated heterocycles. The summed E-state index contributed by atoms with van der Waals surface area (Å²) in [5.41, 5.74) is 3.20. The summed E-state index contributed by atoms with van der Waals surface area (Å²) in [5, 5.41) is 3.74. The molecule has 0 aliphatic rings.